The van der Waals surface area contributed by atoms with Crippen molar-refractivity contribution in [2.45, 2.75) is 20.8 Å². The Morgan fingerprint density at radius 2 is 1.75 bits per heavy atom. The quantitative estimate of drug-likeness (QED) is 0.883. The van der Waals surface area contributed by atoms with E-state index < -0.39 is 0 Å². The molecule has 0 aromatic heterocycles. The monoisotopic (exact) mass is 381 g/mol. The van der Waals surface area contributed by atoms with Crippen molar-refractivity contribution in [2.75, 3.05) is 36.6 Å². The van der Waals surface area contributed by atoms with Gasteiger partial charge in [0.1, 0.15) is 6.54 Å². The van der Waals surface area contributed by atoms with Gasteiger partial charge in [0.15, 0.2) is 11.5 Å². The summed E-state index contributed by atoms with van der Waals surface area (Å²) in [4.78, 5) is 28.5. The fraction of sp³-hybridized carbons (Fsp3) is 0.333. The highest BCUT2D eigenvalue weighted by atomic mass is 16.7. The number of urea groups is 1. The molecule has 2 aromatic rings. The van der Waals surface area contributed by atoms with Gasteiger partial charge in [0, 0.05) is 30.5 Å². The molecule has 146 valence electrons. The maximum absolute atomic E-state index is 12.8. The van der Waals surface area contributed by atoms with E-state index in [0.29, 0.717) is 24.6 Å². The smallest absolute Gasteiger partial charge is 0.325 e. The Morgan fingerprint density at radius 1 is 1.04 bits per heavy atom. The van der Waals surface area contributed by atoms with Crippen LogP contribution in [0.4, 0.5) is 16.2 Å². The van der Waals surface area contributed by atoms with Gasteiger partial charge < -0.3 is 19.7 Å². The molecule has 2 aliphatic heterocycles. The number of anilines is 2. The molecule has 0 aliphatic carbocycles. The molecule has 2 heterocycles. The number of hydrogen-bond acceptors (Lipinski definition) is 4. The first-order chi connectivity index (χ1) is 13.4. The molecule has 0 saturated carbocycles. The van der Waals surface area contributed by atoms with Gasteiger partial charge >= 0.3 is 6.03 Å². The molecule has 0 bridgehead atoms. The van der Waals surface area contributed by atoms with E-state index in [2.05, 4.69) is 5.32 Å². The van der Waals surface area contributed by atoms with Crippen molar-refractivity contribution in [3.8, 4) is 11.5 Å². The summed E-state index contributed by atoms with van der Waals surface area (Å²) >= 11 is 0. The van der Waals surface area contributed by atoms with Crippen molar-refractivity contribution in [3.05, 3.63) is 47.0 Å². The van der Waals surface area contributed by atoms with Gasteiger partial charge in [0.2, 0.25) is 12.7 Å². The number of nitrogens with zero attached hydrogens (tertiary/aromatic N) is 2. The van der Waals surface area contributed by atoms with Crippen LogP contribution in [0.15, 0.2) is 30.3 Å². The van der Waals surface area contributed by atoms with E-state index in [1.54, 1.807) is 21.9 Å². The number of aryl methyl sites for hydroxylation is 3. The summed E-state index contributed by atoms with van der Waals surface area (Å²) in [6.07, 6.45) is 0. The Bertz CT molecular complexity index is 934. The van der Waals surface area contributed by atoms with Crippen molar-refractivity contribution in [3.63, 3.8) is 0 Å². The van der Waals surface area contributed by atoms with Crippen LogP contribution in [-0.2, 0) is 4.79 Å². The molecule has 28 heavy (non-hydrogen) atoms. The van der Waals surface area contributed by atoms with E-state index >= 15 is 0 Å². The molecule has 1 fully saturated rings. The van der Waals surface area contributed by atoms with E-state index in [4.69, 9.17) is 9.47 Å². The van der Waals surface area contributed by atoms with Crippen LogP contribution in [-0.4, -0.2) is 43.3 Å². The van der Waals surface area contributed by atoms with Gasteiger partial charge in [-0.05, 0) is 44.0 Å². The summed E-state index contributed by atoms with van der Waals surface area (Å²) in [6, 6.07) is 9.29. The van der Waals surface area contributed by atoms with Crippen LogP contribution in [0.5, 0.6) is 11.5 Å². The van der Waals surface area contributed by atoms with Gasteiger partial charge in [0.25, 0.3) is 0 Å². The second-order valence-electron chi connectivity index (χ2n) is 7.22. The number of rotatable bonds is 4. The number of amides is 3. The zero-order valence-electron chi connectivity index (χ0n) is 16.2. The van der Waals surface area contributed by atoms with Crippen LogP contribution in [0.1, 0.15) is 16.7 Å². The van der Waals surface area contributed by atoms with Crippen LogP contribution in [0.3, 0.4) is 0 Å². The molecule has 0 radical (unpaired) electrons. The molecular formula is C21H23N3O4. The predicted molar refractivity (Wildman–Crippen MR) is 106 cm³/mol. The fourth-order valence-electron chi connectivity index (χ4n) is 3.75. The molecule has 3 amide bonds. The van der Waals surface area contributed by atoms with Gasteiger partial charge in [-0.1, -0.05) is 17.7 Å². The predicted octanol–water partition coefficient (Wildman–Crippen LogP) is 3.22. The Balaban J connectivity index is 1.42. The largest absolute Gasteiger partial charge is 0.454 e. The molecule has 0 unspecified atom stereocenters. The number of hydrogen-bond donors (Lipinski definition) is 1. The summed E-state index contributed by atoms with van der Waals surface area (Å²) in [5.41, 5.74) is 4.74. The second-order valence-corrected chi connectivity index (χ2v) is 7.22. The Morgan fingerprint density at radius 3 is 2.50 bits per heavy atom. The van der Waals surface area contributed by atoms with E-state index in [9.17, 15) is 9.59 Å². The maximum Gasteiger partial charge on any atom is 0.325 e. The lowest BCUT2D eigenvalue weighted by Crippen LogP contribution is -2.37. The summed E-state index contributed by atoms with van der Waals surface area (Å²) in [5.74, 6) is 1.11. The highest BCUT2D eigenvalue weighted by Crippen LogP contribution is 2.36. The first kappa shape index (κ1) is 18.2. The van der Waals surface area contributed by atoms with Crippen LogP contribution in [0, 0.1) is 20.8 Å². The van der Waals surface area contributed by atoms with E-state index in [1.165, 1.54) is 0 Å². The number of benzene rings is 2. The molecule has 7 nitrogen and oxygen atoms in total. The molecular weight excluding hydrogens is 358 g/mol. The molecule has 2 aliphatic rings. The highest BCUT2D eigenvalue weighted by molar-refractivity contribution is 6.00. The third-order valence-electron chi connectivity index (χ3n) is 5.04. The van der Waals surface area contributed by atoms with Crippen molar-refractivity contribution in [2.24, 2.45) is 0 Å². The maximum atomic E-state index is 12.8. The lowest BCUT2D eigenvalue weighted by molar-refractivity contribution is -0.116. The summed E-state index contributed by atoms with van der Waals surface area (Å²) in [5, 5.41) is 2.95. The third kappa shape index (κ3) is 3.35. The first-order valence-corrected chi connectivity index (χ1v) is 9.26. The summed E-state index contributed by atoms with van der Waals surface area (Å²) < 4.78 is 10.7. The van der Waals surface area contributed by atoms with E-state index in [-0.39, 0.29) is 25.3 Å². The van der Waals surface area contributed by atoms with Gasteiger partial charge in [0.05, 0.1) is 0 Å². The van der Waals surface area contributed by atoms with Crippen molar-refractivity contribution < 1.29 is 19.1 Å². The lowest BCUT2D eigenvalue weighted by Gasteiger charge is -2.19. The van der Waals surface area contributed by atoms with Crippen molar-refractivity contribution in [1.29, 1.82) is 0 Å². The van der Waals surface area contributed by atoms with Crippen molar-refractivity contribution >= 4 is 23.3 Å². The van der Waals surface area contributed by atoms with Crippen LogP contribution in [0.25, 0.3) is 0 Å². The Kier molecular flexibility index (Phi) is 4.58. The molecule has 7 heteroatoms. The zero-order chi connectivity index (χ0) is 19.8. The van der Waals surface area contributed by atoms with E-state index in [1.807, 2.05) is 39.0 Å². The van der Waals surface area contributed by atoms with Gasteiger partial charge in [-0.15, -0.1) is 0 Å². The number of carbonyl (C=O) groups excluding carboxylic acids is 2. The second kappa shape index (κ2) is 7.07. The average molecular weight is 381 g/mol. The van der Waals surface area contributed by atoms with Gasteiger partial charge in [-0.25, -0.2) is 4.79 Å². The molecule has 0 spiro atoms. The van der Waals surface area contributed by atoms with Crippen LogP contribution < -0.4 is 19.7 Å². The third-order valence-corrected chi connectivity index (χ3v) is 5.04. The zero-order valence-corrected chi connectivity index (χ0v) is 16.2. The minimum atomic E-state index is -0.198. The van der Waals surface area contributed by atoms with Gasteiger partial charge in [-0.2, -0.15) is 0 Å². The average Bonchev–Trinajstić information content (AvgIpc) is 3.24. The van der Waals surface area contributed by atoms with Crippen molar-refractivity contribution in [1.82, 2.24) is 4.90 Å². The molecule has 1 saturated heterocycles. The minimum Gasteiger partial charge on any atom is -0.454 e. The Hall–Kier alpha value is -3.22. The summed E-state index contributed by atoms with van der Waals surface area (Å²) in [6.45, 7) is 7.19. The fourth-order valence-corrected chi connectivity index (χ4v) is 3.75. The highest BCUT2D eigenvalue weighted by Gasteiger charge is 2.32. The molecule has 2 aromatic carbocycles. The standard InChI is InChI=1S/C21H23N3O4/c1-13-8-14(2)20(15(3)9-13)22-19(25)11-23-6-7-24(21(23)26)16-4-5-17-18(10-16)28-12-27-17/h4-5,8-10H,6-7,11-12H2,1-3H3,(H,22,25). The lowest BCUT2D eigenvalue weighted by atomic mass is 10.1. The number of carbonyl (C=O) groups is 2. The SMILES string of the molecule is Cc1cc(C)c(NC(=O)CN2CCN(c3ccc4c(c3)OCO4)C2=O)c(C)c1. The number of nitrogens with one attached hydrogen (secondary N) is 1. The number of ether oxygens (including phenoxy) is 2. The van der Waals surface area contributed by atoms with Gasteiger partial charge in [-0.3, -0.25) is 9.69 Å². The Labute approximate surface area is 163 Å². The normalized spacial score (nSPS) is 15.3. The first-order valence-electron chi connectivity index (χ1n) is 9.26. The van der Waals surface area contributed by atoms with Crippen LogP contribution >= 0.6 is 0 Å². The number of fused-ring (bicyclic) bond motifs is 1. The van der Waals surface area contributed by atoms with E-state index in [0.717, 1.165) is 28.1 Å². The molecule has 0 atom stereocenters. The minimum absolute atomic E-state index is 0.0205. The molecule has 4 rings (SSSR count). The molecule has 1 N–H and O–H groups in total. The topological polar surface area (TPSA) is 71.1 Å². The summed E-state index contributed by atoms with van der Waals surface area (Å²) in [7, 11) is 0. The van der Waals surface area contributed by atoms with Crippen LogP contribution in [0.2, 0.25) is 0 Å².